The van der Waals surface area contributed by atoms with Gasteiger partial charge in [0, 0.05) is 25.7 Å². The van der Waals surface area contributed by atoms with Crippen LogP contribution in [0.25, 0.3) is 0 Å². The van der Waals surface area contributed by atoms with Gasteiger partial charge in [-0.1, -0.05) is 29.8 Å². The van der Waals surface area contributed by atoms with Crippen LogP contribution < -0.4 is 0 Å². The number of amides is 1. The molecule has 0 bridgehead atoms. The van der Waals surface area contributed by atoms with Crippen LogP contribution in [-0.2, 0) is 16.1 Å². The molecule has 1 saturated heterocycles. The molecule has 3 rings (SSSR count). The monoisotopic (exact) mass is 316 g/mol. The molecular formula is C19H28N2O2. The summed E-state index contributed by atoms with van der Waals surface area (Å²) in [5.41, 5.74) is 2.33. The fourth-order valence-electron chi connectivity index (χ4n) is 3.23. The number of hydrogen-bond donors (Lipinski definition) is 0. The Morgan fingerprint density at radius 1 is 1.30 bits per heavy atom. The fraction of sp³-hybridized carbons (Fsp3) is 0.632. The van der Waals surface area contributed by atoms with E-state index < -0.39 is 0 Å². The van der Waals surface area contributed by atoms with Crippen LogP contribution in [-0.4, -0.2) is 53.6 Å². The Balaban J connectivity index is 1.61. The second kappa shape index (κ2) is 6.62. The molecule has 2 aliphatic rings. The average Bonchev–Trinajstić information content (AvgIpc) is 3.30. The third-order valence-corrected chi connectivity index (χ3v) is 4.65. The average molecular weight is 316 g/mol. The third kappa shape index (κ3) is 4.55. The summed E-state index contributed by atoms with van der Waals surface area (Å²) in [7, 11) is 0. The maximum atomic E-state index is 12.8. The summed E-state index contributed by atoms with van der Waals surface area (Å²) in [5.74, 6) is 0.255. The van der Waals surface area contributed by atoms with Crippen molar-refractivity contribution in [2.75, 3.05) is 26.2 Å². The van der Waals surface area contributed by atoms with Crippen LogP contribution in [0.2, 0.25) is 0 Å². The Labute approximate surface area is 139 Å². The van der Waals surface area contributed by atoms with E-state index >= 15 is 0 Å². The molecule has 1 saturated carbocycles. The van der Waals surface area contributed by atoms with E-state index in [0.717, 1.165) is 32.5 Å². The van der Waals surface area contributed by atoms with Crippen LogP contribution in [0.3, 0.4) is 0 Å². The number of carbonyl (C=O) groups is 1. The van der Waals surface area contributed by atoms with Crippen molar-refractivity contribution in [3.63, 3.8) is 0 Å². The Kier molecular flexibility index (Phi) is 4.74. The number of carbonyl (C=O) groups excluding carboxylic acids is 1. The topological polar surface area (TPSA) is 32.8 Å². The number of nitrogens with zero attached hydrogens (tertiary/aromatic N) is 2. The van der Waals surface area contributed by atoms with Crippen molar-refractivity contribution in [3.05, 3.63) is 35.4 Å². The standard InChI is InChI=1S/C19H28N2O2/c1-15-4-6-16(7-5-15)12-21(17-8-9-17)18(22)13-20-10-11-23-19(2,3)14-20/h4-7,17H,8-14H2,1-3H3. The molecule has 2 fully saturated rings. The number of hydrogen-bond acceptors (Lipinski definition) is 3. The first-order chi connectivity index (χ1) is 10.9. The zero-order chi connectivity index (χ0) is 16.4. The van der Waals surface area contributed by atoms with Crippen LogP contribution in [0.4, 0.5) is 0 Å². The molecule has 0 unspecified atom stereocenters. The summed E-state index contributed by atoms with van der Waals surface area (Å²) in [4.78, 5) is 17.1. The van der Waals surface area contributed by atoms with Gasteiger partial charge >= 0.3 is 0 Å². The number of rotatable bonds is 5. The molecule has 1 aliphatic heterocycles. The van der Waals surface area contributed by atoms with E-state index in [1.54, 1.807) is 0 Å². The van der Waals surface area contributed by atoms with Crippen molar-refractivity contribution in [2.24, 2.45) is 0 Å². The highest BCUT2D eigenvalue weighted by atomic mass is 16.5. The van der Waals surface area contributed by atoms with Crippen LogP contribution >= 0.6 is 0 Å². The normalized spacial score (nSPS) is 21.2. The number of morpholine rings is 1. The van der Waals surface area contributed by atoms with Crippen LogP contribution in [0.1, 0.15) is 37.8 Å². The highest BCUT2D eigenvalue weighted by Crippen LogP contribution is 2.29. The summed E-state index contributed by atoms with van der Waals surface area (Å²) in [6.07, 6.45) is 2.29. The zero-order valence-electron chi connectivity index (χ0n) is 14.5. The third-order valence-electron chi connectivity index (χ3n) is 4.65. The number of ether oxygens (including phenoxy) is 1. The van der Waals surface area contributed by atoms with Gasteiger partial charge in [-0.25, -0.2) is 0 Å². The summed E-state index contributed by atoms with van der Waals surface area (Å²) >= 11 is 0. The second-order valence-electron chi connectivity index (χ2n) is 7.56. The largest absolute Gasteiger partial charge is 0.373 e. The quantitative estimate of drug-likeness (QED) is 0.837. The Morgan fingerprint density at radius 3 is 2.61 bits per heavy atom. The lowest BCUT2D eigenvalue weighted by atomic mass is 10.1. The highest BCUT2D eigenvalue weighted by Gasteiger charge is 2.34. The van der Waals surface area contributed by atoms with Gasteiger partial charge in [-0.3, -0.25) is 9.69 Å². The lowest BCUT2D eigenvalue weighted by Crippen LogP contribution is -2.51. The minimum absolute atomic E-state index is 0.153. The van der Waals surface area contributed by atoms with Crippen LogP contribution in [0, 0.1) is 6.92 Å². The molecule has 4 nitrogen and oxygen atoms in total. The molecule has 1 aromatic rings. The van der Waals surface area contributed by atoms with Crippen molar-refractivity contribution >= 4 is 5.91 Å². The molecule has 0 spiro atoms. The van der Waals surface area contributed by atoms with Crippen molar-refractivity contribution in [3.8, 4) is 0 Å². The number of aryl methyl sites for hydroxylation is 1. The molecule has 4 heteroatoms. The van der Waals surface area contributed by atoms with E-state index in [1.165, 1.54) is 11.1 Å². The van der Waals surface area contributed by atoms with Crippen molar-refractivity contribution < 1.29 is 9.53 Å². The van der Waals surface area contributed by atoms with E-state index in [9.17, 15) is 4.79 Å². The van der Waals surface area contributed by atoms with Crippen LogP contribution in [0.5, 0.6) is 0 Å². The lowest BCUT2D eigenvalue weighted by molar-refractivity contribution is -0.138. The summed E-state index contributed by atoms with van der Waals surface area (Å²) in [6.45, 7) is 9.89. The van der Waals surface area contributed by atoms with Gasteiger partial charge in [-0.05, 0) is 39.2 Å². The molecule has 1 aliphatic carbocycles. The van der Waals surface area contributed by atoms with E-state index in [2.05, 4.69) is 54.8 Å². The summed E-state index contributed by atoms with van der Waals surface area (Å²) in [5, 5.41) is 0. The SMILES string of the molecule is Cc1ccc(CN(C(=O)CN2CCOC(C)(C)C2)C2CC2)cc1. The Morgan fingerprint density at radius 2 is 2.00 bits per heavy atom. The van der Waals surface area contributed by atoms with Gasteiger partial charge in [0.15, 0.2) is 0 Å². The van der Waals surface area contributed by atoms with E-state index in [0.29, 0.717) is 19.2 Å². The zero-order valence-corrected chi connectivity index (χ0v) is 14.5. The molecule has 0 radical (unpaired) electrons. The highest BCUT2D eigenvalue weighted by molar-refractivity contribution is 5.79. The number of benzene rings is 1. The molecule has 0 atom stereocenters. The first-order valence-electron chi connectivity index (χ1n) is 8.64. The van der Waals surface area contributed by atoms with E-state index in [-0.39, 0.29) is 11.5 Å². The molecule has 1 heterocycles. The van der Waals surface area contributed by atoms with Crippen molar-refractivity contribution in [1.29, 1.82) is 0 Å². The Bertz CT molecular complexity index is 549. The lowest BCUT2D eigenvalue weighted by Gasteiger charge is -2.38. The maximum Gasteiger partial charge on any atom is 0.237 e. The smallest absolute Gasteiger partial charge is 0.237 e. The minimum Gasteiger partial charge on any atom is -0.373 e. The van der Waals surface area contributed by atoms with Crippen molar-refractivity contribution in [1.82, 2.24) is 9.80 Å². The first-order valence-corrected chi connectivity index (χ1v) is 8.64. The Hall–Kier alpha value is -1.39. The minimum atomic E-state index is -0.153. The predicted octanol–water partition coefficient (Wildman–Crippen LogP) is 2.60. The first kappa shape index (κ1) is 16.5. The molecule has 23 heavy (non-hydrogen) atoms. The van der Waals surface area contributed by atoms with E-state index in [1.807, 2.05) is 0 Å². The van der Waals surface area contributed by atoms with Gasteiger partial charge in [0.1, 0.15) is 0 Å². The molecule has 0 N–H and O–H groups in total. The molecular weight excluding hydrogens is 288 g/mol. The maximum absolute atomic E-state index is 12.8. The van der Waals surface area contributed by atoms with Gasteiger partial charge in [-0.15, -0.1) is 0 Å². The van der Waals surface area contributed by atoms with Gasteiger partial charge in [0.05, 0.1) is 18.8 Å². The molecule has 0 aromatic heterocycles. The molecule has 1 amide bonds. The van der Waals surface area contributed by atoms with Gasteiger partial charge < -0.3 is 9.64 Å². The van der Waals surface area contributed by atoms with Gasteiger partial charge in [0.25, 0.3) is 0 Å². The second-order valence-corrected chi connectivity index (χ2v) is 7.56. The summed E-state index contributed by atoms with van der Waals surface area (Å²) in [6, 6.07) is 8.95. The fourth-order valence-corrected chi connectivity index (χ4v) is 3.23. The van der Waals surface area contributed by atoms with Gasteiger partial charge in [0.2, 0.25) is 5.91 Å². The van der Waals surface area contributed by atoms with Gasteiger partial charge in [-0.2, -0.15) is 0 Å². The van der Waals surface area contributed by atoms with Crippen LogP contribution in [0.15, 0.2) is 24.3 Å². The van der Waals surface area contributed by atoms with E-state index in [4.69, 9.17) is 4.74 Å². The van der Waals surface area contributed by atoms with Crippen molar-refractivity contribution in [2.45, 2.75) is 51.8 Å². The predicted molar refractivity (Wildman–Crippen MR) is 91.2 cm³/mol. The summed E-state index contributed by atoms with van der Waals surface area (Å²) < 4.78 is 5.74. The molecule has 126 valence electrons. The molecule has 1 aromatic carbocycles.